The third-order valence-electron chi connectivity index (χ3n) is 4.44. The molecule has 2 aliphatic heterocycles. The van der Waals surface area contributed by atoms with Crippen LogP contribution in [-0.2, 0) is 4.74 Å². The van der Waals surface area contributed by atoms with Crippen LogP contribution in [0.3, 0.4) is 0 Å². The number of carbonyl (C=O) groups excluding carboxylic acids is 2. The van der Waals surface area contributed by atoms with Crippen molar-refractivity contribution in [2.45, 2.75) is 32.3 Å². The lowest BCUT2D eigenvalue weighted by atomic mass is 9.91. The molecule has 118 valence electrons. The minimum atomic E-state index is -0.364. The SMILES string of the molecule is CC(=O)c1cnc(N2CCC3(CC2)CN(C)C(=O)O3)nc1C. The van der Waals surface area contributed by atoms with Crippen molar-refractivity contribution in [2.24, 2.45) is 0 Å². The van der Waals surface area contributed by atoms with Gasteiger partial charge in [0.15, 0.2) is 5.78 Å². The fraction of sp³-hybridized carbons (Fsp3) is 0.600. The highest BCUT2D eigenvalue weighted by molar-refractivity contribution is 5.94. The van der Waals surface area contributed by atoms with E-state index in [1.165, 1.54) is 6.92 Å². The fourth-order valence-corrected chi connectivity index (χ4v) is 3.12. The van der Waals surface area contributed by atoms with Gasteiger partial charge in [0.25, 0.3) is 0 Å². The Morgan fingerprint density at radius 1 is 1.36 bits per heavy atom. The lowest BCUT2D eigenvalue weighted by molar-refractivity contribution is 0.0364. The number of hydrogen-bond donors (Lipinski definition) is 0. The number of piperidine rings is 1. The highest BCUT2D eigenvalue weighted by atomic mass is 16.6. The van der Waals surface area contributed by atoms with Gasteiger partial charge >= 0.3 is 6.09 Å². The van der Waals surface area contributed by atoms with Crippen molar-refractivity contribution >= 4 is 17.8 Å². The number of anilines is 1. The molecule has 0 unspecified atom stereocenters. The van der Waals surface area contributed by atoms with E-state index in [1.54, 1.807) is 18.1 Å². The second kappa shape index (κ2) is 5.23. The number of aryl methyl sites for hydroxylation is 1. The molecule has 7 nitrogen and oxygen atoms in total. The molecule has 1 aromatic heterocycles. The molecule has 0 saturated carbocycles. The quantitative estimate of drug-likeness (QED) is 0.769. The third kappa shape index (κ3) is 2.51. The normalized spacial score (nSPS) is 20.4. The number of amides is 1. The van der Waals surface area contributed by atoms with Gasteiger partial charge in [-0.25, -0.2) is 14.8 Å². The van der Waals surface area contributed by atoms with Gasteiger partial charge in [0.1, 0.15) is 5.60 Å². The van der Waals surface area contributed by atoms with Crippen LogP contribution in [0.5, 0.6) is 0 Å². The minimum Gasteiger partial charge on any atom is -0.441 e. The number of rotatable bonds is 2. The Kier molecular flexibility index (Phi) is 3.50. The summed E-state index contributed by atoms with van der Waals surface area (Å²) in [5.41, 5.74) is 0.893. The molecule has 7 heteroatoms. The van der Waals surface area contributed by atoms with Crippen LogP contribution in [-0.4, -0.2) is 59.0 Å². The highest BCUT2D eigenvalue weighted by Gasteiger charge is 2.45. The maximum atomic E-state index is 11.6. The largest absolute Gasteiger partial charge is 0.441 e. The molecular formula is C15H20N4O3. The van der Waals surface area contributed by atoms with Crippen molar-refractivity contribution in [1.82, 2.24) is 14.9 Å². The van der Waals surface area contributed by atoms with E-state index in [-0.39, 0.29) is 17.5 Å². The molecular weight excluding hydrogens is 284 g/mol. The molecule has 2 aliphatic rings. The van der Waals surface area contributed by atoms with Gasteiger partial charge in [-0.05, 0) is 13.8 Å². The summed E-state index contributed by atoms with van der Waals surface area (Å²) in [4.78, 5) is 35.5. The molecule has 2 saturated heterocycles. The Labute approximate surface area is 129 Å². The van der Waals surface area contributed by atoms with Gasteiger partial charge in [-0.2, -0.15) is 0 Å². The maximum absolute atomic E-state index is 11.6. The first kappa shape index (κ1) is 14.7. The number of likely N-dealkylation sites (N-methyl/N-ethyl adjacent to an activating group) is 1. The Morgan fingerprint density at radius 3 is 2.55 bits per heavy atom. The molecule has 1 spiro atoms. The monoisotopic (exact) mass is 304 g/mol. The molecule has 0 atom stereocenters. The summed E-state index contributed by atoms with van der Waals surface area (Å²) in [5.74, 6) is 0.609. The van der Waals surface area contributed by atoms with E-state index in [1.807, 2.05) is 6.92 Å². The molecule has 0 radical (unpaired) electrons. The van der Waals surface area contributed by atoms with Crippen molar-refractivity contribution in [3.8, 4) is 0 Å². The lowest BCUT2D eigenvalue weighted by Crippen LogP contribution is -2.47. The summed E-state index contributed by atoms with van der Waals surface area (Å²) in [5, 5.41) is 0. The van der Waals surface area contributed by atoms with Gasteiger partial charge in [-0.1, -0.05) is 0 Å². The van der Waals surface area contributed by atoms with Gasteiger partial charge in [0.05, 0.1) is 17.8 Å². The van der Waals surface area contributed by atoms with Crippen molar-refractivity contribution in [3.63, 3.8) is 0 Å². The van der Waals surface area contributed by atoms with E-state index in [4.69, 9.17) is 4.74 Å². The van der Waals surface area contributed by atoms with Gasteiger partial charge in [-0.3, -0.25) is 4.79 Å². The summed E-state index contributed by atoms with van der Waals surface area (Å²) >= 11 is 0. The number of aromatic nitrogens is 2. The van der Waals surface area contributed by atoms with E-state index >= 15 is 0 Å². The van der Waals surface area contributed by atoms with Crippen LogP contribution in [0.4, 0.5) is 10.7 Å². The predicted octanol–water partition coefficient (Wildman–Crippen LogP) is 1.41. The molecule has 2 fully saturated rings. The van der Waals surface area contributed by atoms with E-state index in [0.29, 0.717) is 23.8 Å². The minimum absolute atomic E-state index is 0.0254. The van der Waals surface area contributed by atoms with E-state index in [0.717, 1.165) is 25.9 Å². The van der Waals surface area contributed by atoms with Crippen molar-refractivity contribution < 1.29 is 14.3 Å². The van der Waals surface area contributed by atoms with Crippen LogP contribution in [0.15, 0.2) is 6.20 Å². The number of ether oxygens (including phenoxy) is 1. The highest BCUT2D eigenvalue weighted by Crippen LogP contribution is 2.33. The van der Waals surface area contributed by atoms with Gasteiger partial charge < -0.3 is 14.5 Å². The number of Topliss-reactive ketones (excluding diaryl/α,β-unsaturated/α-hetero) is 1. The third-order valence-corrected chi connectivity index (χ3v) is 4.44. The molecule has 0 aromatic carbocycles. The average Bonchev–Trinajstić information content (AvgIpc) is 2.73. The first-order valence-electron chi connectivity index (χ1n) is 7.44. The summed E-state index contributed by atoms with van der Waals surface area (Å²) in [7, 11) is 1.76. The Balaban J connectivity index is 1.71. The zero-order valence-corrected chi connectivity index (χ0v) is 13.1. The summed E-state index contributed by atoms with van der Waals surface area (Å²) in [6.07, 6.45) is 2.87. The summed E-state index contributed by atoms with van der Waals surface area (Å²) in [6, 6.07) is 0. The van der Waals surface area contributed by atoms with Gasteiger partial charge in [0, 0.05) is 39.2 Å². The molecule has 1 aromatic rings. The summed E-state index contributed by atoms with van der Waals surface area (Å²) < 4.78 is 5.54. The Hall–Kier alpha value is -2.18. The standard InChI is InChI=1S/C15H20N4O3/c1-10-12(11(2)20)8-16-13(17-10)19-6-4-15(5-7-19)9-18(3)14(21)22-15/h8H,4-7,9H2,1-3H3. The average molecular weight is 304 g/mol. The van der Waals surface area contributed by atoms with Crippen molar-refractivity contribution in [2.75, 3.05) is 31.6 Å². The molecule has 0 bridgehead atoms. The number of nitrogens with zero attached hydrogens (tertiary/aromatic N) is 4. The smallest absolute Gasteiger partial charge is 0.410 e. The summed E-state index contributed by atoms with van der Waals surface area (Å²) in [6.45, 7) is 5.45. The van der Waals surface area contributed by atoms with Crippen molar-refractivity contribution in [3.05, 3.63) is 17.5 Å². The Morgan fingerprint density at radius 2 is 2.05 bits per heavy atom. The molecule has 0 aliphatic carbocycles. The van der Waals surface area contributed by atoms with Crippen molar-refractivity contribution in [1.29, 1.82) is 0 Å². The van der Waals surface area contributed by atoms with Gasteiger partial charge in [-0.15, -0.1) is 0 Å². The van der Waals surface area contributed by atoms with Crippen LogP contribution in [0, 0.1) is 6.92 Å². The van der Waals surface area contributed by atoms with E-state index in [9.17, 15) is 9.59 Å². The molecule has 3 rings (SSSR count). The van der Waals surface area contributed by atoms with Crippen LogP contribution in [0.2, 0.25) is 0 Å². The Bertz CT molecular complexity index is 623. The second-order valence-corrected chi connectivity index (χ2v) is 6.12. The number of hydrogen-bond acceptors (Lipinski definition) is 6. The first-order chi connectivity index (χ1) is 10.4. The molecule has 3 heterocycles. The van der Waals surface area contributed by atoms with Crippen LogP contribution < -0.4 is 4.90 Å². The predicted molar refractivity (Wildman–Crippen MR) is 80.1 cm³/mol. The maximum Gasteiger partial charge on any atom is 0.410 e. The molecule has 1 amide bonds. The second-order valence-electron chi connectivity index (χ2n) is 6.12. The van der Waals surface area contributed by atoms with E-state index < -0.39 is 0 Å². The zero-order valence-electron chi connectivity index (χ0n) is 13.1. The van der Waals surface area contributed by atoms with Gasteiger partial charge in [0.2, 0.25) is 5.95 Å². The van der Waals surface area contributed by atoms with Crippen LogP contribution >= 0.6 is 0 Å². The fourth-order valence-electron chi connectivity index (χ4n) is 3.12. The first-order valence-corrected chi connectivity index (χ1v) is 7.44. The number of carbonyl (C=O) groups is 2. The zero-order chi connectivity index (χ0) is 15.9. The number of ketones is 1. The lowest BCUT2D eigenvalue weighted by Gasteiger charge is -2.37. The molecule has 22 heavy (non-hydrogen) atoms. The van der Waals surface area contributed by atoms with Crippen LogP contribution in [0.25, 0.3) is 0 Å². The van der Waals surface area contributed by atoms with E-state index in [2.05, 4.69) is 14.9 Å². The topological polar surface area (TPSA) is 75.6 Å². The van der Waals surface area contributed by atoms with Crippen LogP contribution in [0.1, 0.15) is 35.8 Å². The molecule has 0 N–H and O–H groups in total.